The molecule has 0 saturated heterocycles. The van der Waals surface area contributed by atoms with Gasteiger partial charge in [-0.15, -0.1) is 11.3 Å². The molecule has 0 fully saturated rings. The van der Waals surface area contributed by atoms with Crippen molar-refractivity contribution >= 4 is 34.8 Å². The van der Waals surface area contributed by atoms with Crippen LogP contribution < -0.4 is 14.9 Å². The summed E-state index contributed by atoms with van der Waals surface area (Å²) in [6.45, 7) is 3.95. The Morgan fingerprint density at radius 1 is 1.06 bits per heavy atom. The standard InChI is InChI=1S/C26H20F2N4O2S/c1-15-3-4-16(2)21(9-15)31-26-32(29-12-17-5-7-19(27)20(28)10-17)23(14-35-26)18-6-8-24-22(11-18)30-25(33)13-34-24/h3-12,14H,13H2,1-2H3,(H,30,33). The molecule has 9 heteroatoms. The molecule has 3 aromatic carbocycles. The molecule has 6 nitrogen and oxygen atoms in total. The average Bonchev–Trinajstić information content (AvgIpc) is 3.24. The molecule has 0 atom stereocenters. The van der Waals surface area contributed by atoms with Gasteiger partial charge in [0.25, 0.3) is 5.91 Å². The summed E-state index contributed by atoms with van der Waals surface area (Å²) >= 11 is 1.39. The predicted molar refractivity (Wildman–Crippen MR) is 132 cm³/mol. The molecule has 0 saturated carbocycles. The highest BCUT2D eigenvalue weighted by Gasteiger charge is 2.18. The first kappa shape index (κ1) is 22.7. The van der Waals surface area contributed by atoms with Gasteiger partial charge < -0.3 is 10.1 Å². The minimum absolute atomic E-state index is 0.0256. The molecule has 1 N–H and O–H groups in total. The predicted octanol–water partition coefficient (Wildman–Crippen LogP) is 5.56. The zero-order valence-corrected chi connectivity index (χ0v) is 19.7. The Bertz CT molecular complexity index is 1560. The number of fused-ring (bicyclic) bond motifs is 1. The molecule has 1 aliphatic rings. The number of nitrogens with one attached hydrogen (secondary N) is 1. The van der Waals surface area contributed by atoms with Crippen molar-refractivity contribution in [2.75, 3.05) is 11.9 Å². The Balaban J connectivity index is 1.65. The number of ether oxygens (including phenoxy) is 1. The summed E-state index contributed by atoms with van der Waals surface area (Å²) in [5.74, 6) is -1.51. The molecular formula is C26H20F2N4O2S. The van der Waals surface area contributed by atoms with Gasteiger partial charge in [-0.3, -0.25) is 4.79 Å². The lowest BCUT2D eigenvalue weighted by atomic mass is 10.1. The van der Waals surface area contributed by atoms with Crippen LogP contribution in [-0.4, -0.2) is 23.4 Å². The van der Waals surface area contributed by atoms with Crippen LogP contribution in [0, 0.1) is 25.5 Å². The van der Waals surface area contributed by atoms with E-state index in [1.807, 2.05) is 43.5 Å². The topological polar surface area (TPSA) is 68.0 Å². The molecule has 35 heavy (non-hydrogen) atoms. The number of halogens is 2. The Morgan fingerprint density at radius 2 is 1.91 bits per heavy atom. The summed E-state index contributed by atoms with van der Waals surface area (Å²) in [6, 6.07) is 15.1. The summed E-state index contributed by atoms with van der Waals surface area (Å²) in [6.07, 6.45) is 1.45. The quantitative estimate of drug-likeness (QED) is 0.381. The van der Waals surface area contributed by atoms with Crippen molar-refractivity contribution in [1.82, 2.24) is 4.68 Å². The lowest BCUT2D eigenvalue weighted by Gasteiger charge is -2.18. The number of aryl methyl sites for hydroxylation is 2. The first-order valence-electron chi connectivity index (χ1n) is 10.8. The van der Waals surface area contributed by atoms with Crippen LogP contribution >= 0.6 is 11.3 Å². The van der Waals surface area contributed by atoms with Gasteiger partial charge in [-0.1, -0.05) is 18.2 Å². The van der Waals surface area contributed by atoms with Gasteiger partial charge in [-0.05, 0) is 66.9 Å². The number of carbonyl (C=O) groups excluding carboxylic acids is 1. The molecule has 2 heterocycles. The number of nitrogens with zero attached hydrogens (tertiary/aromatic N) is 3. The summed E-state index contributed by atoms with van der Waals surface area (Å²) < 4.78 is 34.2. The van der Waals surface area contributed by atoms with E-state index in [9.17, 15) is 13.6 Å². The maximum absolute atomic E-state index is 13.7. The summed E-state index contributed by atoms with van der Waals surface area (Å²) in [5.41, 5.74) is 5.34. The number of thiazole rings is 1. The third kappa shape index (κ3) is 4.76. The van der Waals surface area contributed by atoms with Crippen LogP contribution in [0.1, 0.15) is 16.7 Å². The molecule has 0 spiro atoms. The normalized spacial score (nSPS) is 13.6. The number of hydrogen-bond acceptors (Lipinski definition) is 5. The second-order valence-corrected chi connectivity index (χ2v) is 8.92. The molecule has 0 bridgehead atoms. The average molecular weight is 491 g/mol. The van der Waals surface area contributed by atoms with E-state index >= 15 is 0 Å². The first-order chi connectivity index (χ1) is 16.9. The summed E-state index contributed by atoms with van der Waals surface area (Å²) in [7, 11) is 0. The highest BCUT2D eigenvalue weighted by atomic mass is 32.1. The molecule has 0 radical (unpaired) electrons. The van der Waals surface area contributed by atoms with Crippen LogP contribution in [0.25, 0.3) is 11.3 Å². The number of rotatable bonds is 4. The number of amides is 1. The molecule has 0 aliphatic carbocycles. The van der Waals surface area contributed by atoms with E-state index in [0.29, 0.717) is 27.5 Å². The monoisotopic (exact) mass is 490 g/mol. The highest BCUT2D eigenvalue weighted by Crippen LogP contribution is 2.33. The van der Waals surface area contributed by atoms with Crippen LogP contribution in [0.5, 0.6) is 5.75 Å². The van der Waals surface area contributed by atoms with Gasteiger partial charge in [-0.2, -0.15) is 5.10 Å². The largest absolute Gasteiger partial charge is 0.482 e. The fourth-order valence-corrected chi connectivity index (χ4v) is 4.44. The maximum Gasteiger partial charge on any atom is 0.262 e. The van der Waals surface area contributed by atoms with Gasteiger partial charge in [-0.25, -0.2) is 18.4 Å². The number of carbonyl (C=O) groups is 1. The van der Waals surface area contributed by atoms with E-state index in [4.69, 9.17) is 9.73 Å². The lowest BCUT2D eigenvalue weighted by molar-refractivity contribution is -0.118. The van der Waals surface area contributed by atoms with Crippen LogP contribution in [0.4, 0.5) is 20.2 Å². The van der Waals surface area contributed by atoms with Crippen molar-refractivity contribution in [2.24, 2.45) is 10.1 Å². The molecule has 1 aliphatic heterocycles. The van der Waals surface area contributed by atoms with Crippen molar-refractivity contribution in [3.05, 3.63) is 93.1 Å². The maximum atomic E-state index is 13.7. The third-order valence-electron chi connectivity index (χ3n) is 5.44. The Kier molecular flexibility index (Phi) is 6.00. The van der Waals surface area contributed by atoms with Crippen molar-refractivity contribution < 1.29 is 18.3 Å². The van der Waals surface area contributed by atoms with E-state index < -0.39 is 11.6 Å². The fourth-order valence-electron chi connectivity index (χ4n) is 3.59. The highest BCUT2D eigenvalue weighted by molar-refractivity contribution is 7.07. The van der Waals surface area contributed by atoms with Crippen LogP contribution in [0.2, 0.25) is 0 Å². The molecule has 0 unspecified atom stereocenters. The lowest BCUT2D eigenvalue weighted by Crippen LogP contribution is -2.25. The minimum atomic E-state index is -0.949. The van der Waals surface area contributed by atoms with Crippen LogP contribution in [-0.2, 0) is 4.79 Å². The van der Waals surface area contributed by atoms with E-state index in [-0.39, 0.29) is 12.5 Å². The van der Waals surface area contributed by atoms with Gasteiger partial charge in [0.05, 0.1) is 23.3 Å². The summed E-state index contributed by atoms with van der Waals surface area (Å²) in [4.78, 5) is 17.2. The zero-order chi connectivity index (χ0) is 24.5. The van der Waals surface area contributed by atoms with E-state index in [1.54, 1.807) is 16.8 Å². The van der Waals surface area contributed by atoms with Crippen molar-refractivity contribution in [2.45, 2.75) is 13.8 Å². The molecule has 5 rings (SSSR count). The number of hydrogen-bond donors (Lipinski definition) is 1. The van der Waals surface area contributed by atoms with Crippen molar-refractivity contribution in [3.8, 4) is 17.0 Å². The van der Waals surface area contributed by atoms with Gasteiger partial charge in [0.1, 0.15) is 5.75 Å². The SMILES string of the molecule is Cc1ccc(C)c(N=c2scc(-c3ccc4c(c3)NC(=O)CO4)n2N=Cc2ccc(F)c(F)c2)c1. The van der Waals surface area contributed by atoms with Gasteiger partial charge >= 0.3 is 0 Å². The number of benzene rings is 3. The van der Waals surface area contributed by atoms with Gasteiger partial charge in [0.2, 0.25) is 4.80 Å². The third-order valence-corrected chi connectivity index (χ3v) is 6.26. The molecule has 176 valence electrons. The molecule has 1 amide bonds. The zero-order valence-electron chi connectivity index (χ0n) is 18.9. The van der Waals surface area contributed by atoms with Crippen LogP contribution in [0.15, 0.2) is 70.1 Å². The number of anilines is 1. The van der Waals surface area contributed by atoms with Gasteiger partial charge in [0, 0.05) is 10.9 Å². The minimum Gasteiger partial charge on any atom is -0.482 e. The second kappa shape index (κ2) is 9.27. The van der Waals surface area contributed by atoms with Crippen molar-refractivity contribution in [3.63, 3.8) is 0 Å². The Labute approximate surface area is 203 Å². The van der Waals surface area contributed by atoms with Gasteiger partial charge in [0.15, 0.2) is 18.2 Å². The Morgan fingerprint density at radius 3 is 2.74 bits per heavy atom. The van der Waals surface area contributed by atoms with E-state index in [0.717, 1.165) is 34.5 Å². The Hall–Kier alpha value is -4.11. The first-order valence-corrected chi connectivity index (χ1v) is 11.6. The summed E-state index contributed by atoms with van der Waals surface area (Å²) in [5, 5.41) is 9.27. The van der Waals surface area contributed by atoms with Crippen LogP contribution in [0.3, 0.4) is 0 Å². The van der Waals surface area contributed by atoms with Crippen molar-refractivity contribution in [1.29, 1.82) is 0 Å². The number of aromatic nitrogens is 1. The second-order valence-electron chi connectivity index (χ2n) is 8.08. The molecule has 4 aromatic rings. The molecule has 1 aromatic heterocycles. The molecular weight excluding hydrogens is 470 g/mol. The smallest absolute Gasteiger partial charge is 0.262 e. The van der Waals surface area contributed by atoms with E-state index in [2.05, 4.69) is 10.4 Å². The van der Waals surface area contributed by atoms with E-state index in [1.165, 1.54) is 23.6 Å². The fraction of sp³-hybridized carbons (Fsp3) is 0.115.